The molecule has 19 heavy (non-hydrogen) atoms. The van der Waals surface area contributed by atoms with E-state index in [1.807, 2.05) is 13.8 Å². The van der Waals surface area contributed by atoms with Gasteiger partial charge in [-0.05, 0) is 38.5 Å². The first-order valence-electron chi connectivity index (χ1n) is 6.80. The van der Waals surface area contributed by atoms with Crippen LogP contribution in [0.25, 0.3) is 0 Å². The van der Waals surface area contributed by atoms with Gasteiger partial charge in [0.15, 0.2) is 0 Å². The predicted octanol–water partition coefficient (Wildman–Crippen LogP) is 2.32. The minimum Gasteiger partial charge on any atom is -0.391 e. The highest BCUT2D eigenvalue weighted by atomic mass is 35.5. The van der Waals surface area contributed by atoms with E-state index in [4.69, 9.17) is 21.6 Å². The second-order valence-corrected chi connectivity index (χ2v) is 6.48. The van der Waals surface area contributed by atoms with Gasteiger partial charge in [-0.3, -0.25) is 0 Å². The maximum absolute atomic E-state index is 9.84. The van der Waals surface area contributed by atoms with Crippen molar-refractivity contribution in [3.8, 4) is 17.9 Å². The highest BCUT2D eigenvalue weighted by molar-refractivity contribution is 6.21. The summed E-state index contributed by atoms with van der Waals surface area (Å²) in [6, 6.07) is 2.05. The van der Waals surface area contributed by atoms with Crippen LogP contribution >= 0.6 is 11.6 Å². The van der Waals surface area contributed by atoms with Crippen molar-refractivity contribution in [2.24, 2.45) is 17.8 Å². The molecule has 1 N–H and O–H groups in total. The van der Waals surface area contributed by atoms with Crippen LogP contribution in [0.3, 0.4) is 0 Å². The summed E-state index contributed by atoms with van der Waals surface area (Å²) in [5.74, 6) is 7.33. The van der Waals surface area contributed by atoms with Crippen LogP contribution in [0, 0.1) is 40.9 Å². The number of halogens is 1. The van der Waals surface area contributed by atoms with E-state index in [1.165, 1.54) is 0 Å². The standard InChI is InChI=1S/C15H20ClNO2/c1-15(2,19-7-3-6-17)5-4-10-8-11-9-12(10)13(16)14(11)18/h10-14,18H,3,7-9H2,1-2H3. The highest BCUT2D eigenvalue weighted by Gasteiger charge is 2.51. The molecule has 2 aliphatic carbocycles. The fourth-order valence-corrected chi connectivity index (χ4v) is 3.56. The Kier molecular flexibility index (Phi) is 4.41. The molecule has 2 aliphatic rings. The van der Waals surface area contributed by atoms with Crippen molar-refractivity contribution in [1.82, 2.24) is 0 Å². The molecule has 2 fully saturated rings. The Labute approximate surface area is 119 Å². The first-order valence-corrected chi connectivity index (χ1v) is 7.24. The molecule has 2 saturated carbocycles. The van der Waals surface area contributed by atoms with E-state index in [0.717, 1.165) is 12.8 Å². The van der Waals surface area contributed by atoms with Crippen molar-refractivity contribution < 1.29 is 9.84 Å². The normalized spacial score (nSPS) is 36.7. The van der Waals surface area contributed by atoms with Crippen LogP contribution in [0.5, 0.6) is 0 Å². The maximum atomic E-state index is 9.84. The molecule has 0 saturated heterocycles. The van der Waals surface area contributed by atoms with Crippen LogP contribution in [0.1, 0.15) is 33.1 Å². The molecule has 2 rings (SSSR count). The molecule has 0 heterocycles. The fraction of sp³-hybridized carbons (Fsp3) is 0.800. The number of rotatable bonds is 3. The molecular weight excluding hydrogens is 262 g/mol. The molecule has 0 amide bonds. The lowest BCUT2D eigenvalue weighted by Crippen LogP contribution is -2.32. The van der Waals surface area contributed by atoms with Gasteiger partial charge in [0.2, 0.25) is 0 Å². The van der Waals surface area contributed by atoms with Crippen LogP contribution in [-0.4, -0.2) is 28.8 Å². The molecule has 5 atom stereocenters. The Morgan fingerprint density at radius 3 is 2.74 bits per heavy atom. The van der Waals surface area contributed by atoms with Gasteiger partial charge >= 0.3 is 0 Å². The molecule has 104 valence electrons. The van der Waals surface area contributed by atoms with Crippen molar-refractivity contribution in [2.75, 3.05) is 6.61 Å². The summed E-state index contributed by atoms with van der Waals surface area (Å²) in [6.07, 6.45) is 1.96. The molecule has 5 unspecified atom stereocenters. The smallest absolute Gasteiger partial charge is 0.123 e. The van der Waals surface area contributed by atoms with Crippen LogP contribution in [0.4, 0.5) is 0 Å². The van der Waals surface area contributed by atoms with Crippen molar-refractivity contribution in [3.63, 3.8) is 0 Å². The minimum atomic E-state index is -0.529. The summed E-state index contributed by atoms with van der Waals surface area (Å²) < 4.78 is 5.58. The number of ether oxygens (including phenoxy) is 1. The third kappa shape index (κ3) is 3.23. The molecule has 0 aromatic carbocycles. The number of fused-ring (bicyclic) bond motifs is 2. The summed E-state index contributed by atoms with van der Waals surface area (Å²) in [6.45, 7) is 4.24. The van der Waals surface area contributed by atoms with Gasteiger partial charge in [0.25, 0.3) is 0 Å². The molecule has 0 radical (unpaired) electrons. The zero-order valence-corrected chi connectivity index (χ0v) is 12.2. The number of hydrogen-bond donors (Lipinski definition) is 1. The van der Waals surface area contributed by atoms with Gasteiger partial charge in [0.05, 0.1) is 30.6 Å². The van der Waals surface area contributed by atoms with Crippen LogP contribution in [0.15, 0.2) is 0 Å². The van der Waals surface area contributed by atoms with Gasteiger partial charge < -0.3 is 9.84 Å². The second kappa shape index (κ2) is 5.71. The SMILES string of the molecule is CC(C)(C#CC1CC2CC1C(Cl)C2O)OCCC#N. The average molecular weight is 282 g/mol. The Morgan fingerprint density at radius 2 is 2.16 bits per heavy atom. The second-order valence-electron chi connectivity index (χ2n) is 5.97. The summed E-state index contributed by atoms with van der Waals surface area (Å²) in [5, 5.41) is 18.2. The lowest BCUT2D eigenvalue weighted by atomic mass is 9.87. The van der Waals surface area contributed by atoms with E-state index in [0.29, 0.717) is 24.9 Å². The van der Waals surface area contributed by atoms with E-state index in [1.54, 1.807) is 0 Å². The predicted molar refractivity (Wildman–Crippen MR) is 73.4 cm³/mol. The van der Waals surface area contributed by atoms with Crippen LogP contribution in [-0.2, 0) is 4.74 Å². The van der Waals surface area contributed by atoms with Gasteiger partial charge in [0, 0.05) is 5.92 Å². The molecule has 0 spiro atoms. The molecule has 0 aromatic heterocycles. The molecule has 0 aliphatic heterocycles. The molecular formula is C15H20ClNO2. The van der Waals surface area contributed by atoms with Gasteiger partial charge in [-0.2, -0.15) is 5.26 Å². The Balaban J connectivity index is 1.92. The first kappa shape index (κ1) is 14.7. The topological polar surface area (TPSA) is 53.2 Å². The van der Waals surface area contributed by atoms with Gasteiger partial charge in [-0.1, -0.05) is 11.8 Å². The largest absolute Gasteiger partial charge is 0.391 e. The Bertz CT molecular complexity index is 430. The van der Waals surface area contributed by atoms with E-state index < -0.39 is 5.60 Å². The molecule has 2 bridgehead atoms. The van der Waals surface area contributed by atoms with E-state index in [2.05, 4.69) is 17.9 Å². The quantitative estimate of drug-likeness (QED) is 0.491. The number of alkyl halides is 1. The Morgan fingerprint density at radius 1 is 1.42 bits per heavy atom. The molecule has 4 heteroatoms. The summed E-state index contributed by atoms with van der Waals surface area (Å²) in [7, 11) is 0. The molecule has 0 aromatic rings. The highest BCUT2D eigenvalue weighted by Crippen LogP contribution is 2.50. The average Bonchev–Trinajstić information content (AvgIpc) is 2.88. The van der Waals surface area contributed by atoms with Gasteiger partial charge in [-0.15, -0.1) is 11.6 Å². The molecule has 3 nitrogen and oxygen atoms in total. The third-order valence-corrected chi connectivity index (χ3v) is 4.68. The number of nitrogens with zero attached hydrogens (tertiary/aromatic N) is 1. The summed E-state index contributed by atoms with van der Waals surface area (Å²) in [4.78, 5) is 0. The lowest BCUT2D eigenvalue weighted by Gasteiger charge is -2.26. The van der Waals surface area contributed by atoms with E-state index >= 15 is 0 Å². The van der Waals surface area contributed by atoms with Crippen molar-refractivity contribution in [1.29, 1.82) is 5.26 Å². The number of nitriles is 1. The minimum absolute atomic E-state index is 0.152. The Hall–Kier alpha value is -0.740. The number of hydrogen-bond acceptors (Lipinski definition) is 3. The summed E-state index contributed by atoms with van der Waals surface area (Å²) >= 11 is 6.22. The van der Waals surface area contributed by atoms with Crippen molar-refractivity contribution in [2.45, 2.75) is 50.2 Å². The first-order chi connectivity index (χ1) is 8.94. The van der Waals surface area contributed by atoms with E-state index in [-0.39, 0.29) is 17.4 Å². The zero-order chi connectivity index (χ0) is 14.0. The summed E-state index contributed by atoms with van der Waals surface area (Å²) in [5.41, 5.74) is -0.529. The van der Waals surface area contributed by atoms with Gasteiger partial charge in [0.1, 0.15) is 5.60 Å². The monoisotopic (exact) mass is 281 g/mol. The van der Waals surface area contributed by atoms with Gasteiger partial charge in [-0.25, -0.2) is 0 Å². The number of aliphatic hydroxyl groups excluding tert-OH is 1. The van der Waals surface area contributed by atoms with Crippen LogP contribution < -0.4 is 0 Å². The van der Waals surface area contributed by atoms with Crippen molar-refractivity contribution in [3.05, 3.63) is 0 Å². The lowest BCUT2D eigenvalue weighted by molar-refractivity contribution is 0.0305. The maximum Gasteiger partial charge on any atom is 0.123 e. The number of aliphatic hydroxyl groups is 1. The zero-order valence-electron chi connectivity index (χ0n) is 11.4. The van der Waals surface area contributed by atoms with Crippen molar-refractivity contribution >= 4 is 11.6 Å². The fourth-order valence-electron chi connectivity index (χ4n) is 3.08. The third-order valence-electron chi connectivity index (χ3n) is 4.10. The van der Waals surface area contributed by atoms with E-state index in [9.17, 15) is 5.11 Å². The van der Waals surface area contributed by atoms with Crippen LogP contribution in [0.2, 0.25) is 0 Å².